The number of halogens is 2. The third kappa shape index (κ3) is 5.34. The Morgan fingerprint density at radius 3 is 2.48 bits per heavy atom. The van der Waals surface area contributed by atoms with Crippen LogP contribution in [0.4, 0.5) is 8.78 Å². The molecule has 0 radical (unpaired) electrons. The van der Waals surface area contributed by atoms with Crippen molar-refractivity contribution in [1.29, 1.82) is 0 Å². The van der Waals surface area contributed by atoms with Crippen molar-refractivity contribution >= 4 is 5.78 Å². The first-order valence-corrected chi connectivity index (χ1v) is 16.9. The SMILES string of the molecule is CCCC(=O)c1cc([CH](C)[Hg][CH2]C2CCC2)cc(C(C)(F)F)c1CC. The summed E-state index contributed by atoms with van der Waals surface area (Å²) in [7, 11) is 0. The van der Waals surface area contributed by atoms with Crippen LogP contribution < -0.4 is 0 Å². The monoisotopic (exact) mass is 538 g/mol. The molecule has 136 valence electrons. The molecule has 1 unspecified atom stereocenters. The Balaban J connectivity index is 2.37. The Bertz CT molecular complexity index is 603. The van der Waals surface area contributed by atoms with Gasteiger partial charge in [0.2, 0.25) is 0 Å². The van der Waals surface area contributed by atoms with Crippen LogP contribution in [0.2, 0.25) is 3.93 Å². The van der Waals surface area contributed by atoms with Crippen molar-refractivity contribution in [3.63, 3.8) is 0 Å². The van der Waals surface area contributed by atoms with E-state index in [0.29, 0.717) is 27.4 Å². The van der Waals surface area contributed by atoms with E-state index in [9.17, 15) is 13.6 Å². The van der Waals surface area contributed by atoms with Gasteiger partial charge in [0.05, 0.1) is 0 Å². The zero-order chi connectivity index (χ0) is 18.6. The van der Waals surface area contributed by atoms with Gasteiger partial charge in [-0.05, 0) is 0 Å². The summed E-state index contributed by atoms with van der Waals surface area (Å²) in [6.07, 6.45) is 5.75. The molecule has 1 aromatic carbocycles. The molecule has 1 saturated carbocycles. The van der Waals surface area contributed by atoms with Crippen molar-refractivity contribution in [2.24, 2.45) is 5.92 Å². The standard InChI is InChI=1S/C16H21F2O.C5H9.Hg/c1-5-8-15(19)13-9-11(6-2)10-14(12(13)7-3)16(4,17)18;1-5-3-2-4-5;/h6,9-10H,5,7-8H2,1-4H3;5H,1-4H2;. The summed E-state index contributed by atoms with van der Waals surface area (Å²) in [5.74, 6) is -1.96. The molecular weight excluding hydrogens is 507 g/mol. The van der Waals surface area contributed by atoms with E-state index in [0.717, 1.165) is 24.8 Å². The quantitative estimate of drug-likeness (QED) is 0.253. The van der Waals surface area contributed by atoms with Crippen LogP contribution in [0.15, 0.2) is 12.1 Å². The van der Waals surface area contributed by atoms with E-state index in [1.165, 1.54) is 23.2 Å². The summed E-state index contributed by atoms with van der Waals surface area (Å²) in [6, 6.07) is 3.67. The second kappa shape index (κ2) is 9.06. The van der Waals surface area contributed by atoms with Crippen LogP contribution in [-0.2, 0) is 36.9 Å². The summed E-state index contributed by atoms with van der Waals surface area (Å²) in [5.41, 5.74) is 2.19. The van der Waals surface area contributed by atoms with E-state index < -0.39 is 30.5 Å². The molecule has 1 aliphatic carbocycles. The molecule has 1 fully saturated rings. The number of rotatable bonds is 9. The van der Waals surface area contributed by atoms with Crippen molar-refractivity contribution in [3.8, 4) is 0 Å². The maximum atomic E-state index is 14.3. The van der Waals surface area contributed by atoms with Crippen LogP contribution in [0.25, 0.3) is 0 Å². The normalized spacial score (nSPS) is 16.2. The van der Waals surface area contributed by atoms with Gasteiger partial charge in [0, 0.05) is 0 Å². The van der Waals surface area contributed by atoms with E-state index in [2.05, 4.69) is 6.92 Å². The van der Waals surface area contributed by atoms with Gasteiger partial charge in [-0.1, -0.05) is 0 Å². The molecule has 4 heteroatoms. The van der Waals surface area contributed by atoms with E-state index in [4.69, 9.17) is 0 Å². The van der Waals surface area contributed by atoms with Crippen LogP contribution >= 0.6 is 0 Å². The minimum atomic E-state index is -2.90. The van der Waals surface area contributed by atoms with Gasteiger partial charge in [-0.15, -0.1) is 0 Å². The van der Waals surface area contributed by atoms with E-state index in [-0.39, 0.29) is 11.3 Å². The van der Waals surface area contributed by atoms with Crippen LogP contribution in [0, 0.1) is 5.92 Å². The number of alkyl halides is 2. The van der Waals surface area contributed by atoms with E-state index >= 15 is 0 Å². The first kappa shape index (κ1) is 21.0. The van der Waals surface area contributed by atoms with E-state index in [1.54, 1.807) is 6.07 Å². The average Bonchev–Trinajstić information content (AvgIpc) is 2.51. The number of carbonyl (C=O) groups is 1. The number of carbonyl (C=O) groups excluding carboxylic acids is 1. The summed E-state index contributed by atoms with van der Waals surface area (Å²) < 4.78 is 30.3. The number of benzene rings is 1. The third-order valence-electron chi connectivity index (χ3n) is 5.68. The Kier molecular flexibility index (Phi) is 7.60. The number of ketones is 1. The molecule has 25 heavy (non-hydrogen) atoms. The zero-order valence-electron chi connectivity index (χ0n) is 16.1. The topological polar surface area (TPSA) is 17.1 Å². The number of hydrogen-bond donors (Lipinski definition) is 0. The number of hydrogen-bond acceptors (Lipinski definition) is 1. The predicted molar refractivity (Wildman–Crippen MR) is 95.2 cm³/mol. The van der Waals surface area contributed by atoms with Gasteiger partial charge in [-0.2, -0.15) is 0 Å². The van der Waals surface area contributed by atoms with Crippen LogP contribution in [0.1, 0.15) is 90.3 Å². The molecule has 0 aliphatic heterocycles. The minimum absolute atomic E-state index is 0.0227. The molecule has 1 aliphatic rings. The van der Waals surface area contributed by atoms with Crippen molar-refractivity contribution in [2.75, 3.05) is 0 Å². The van der Waals surface area contributed by atoms with Crippen LogP contribution in [-0.4, -0.2) is 5.78 Å². The van der Waals surface area contributed by atoms with Gasteiger partial charge in [-0.3, -0.25) is 0 Å². The van der Waals surface area contributed by atoms with Gasteiger partial charge < -0.3 is 0 Å². The first-order valence-electron chi connectivity index (χ1n) is 9.86. The molecule has 0 aromatic heterocycles. The number of Topliss-reactive ketones (excluding diaryl/α,β-unsaturated/α-hetero) is 1. The maximum absolute atomic E-state index is 14.3. The zero-order valence-corrected chi connectivity index (χ0v) is 21.6. The van der Waals surface area contributed by atoms with Crippen molar-refractivity contribution in [3.05, 3.63) is 34.4 Å². The molecule has 0 N–H and O–H groups in total. The second-order valence-corrected chi connectivity index (χ2v) is 17.0. The Morgan fingerprint density at radius 2 is 2.00 bits per heavy atom. The molecule has 0 amide bonds. The fourth-order valence-corrected chi connectivity index (χ4v) is 12.0. The Labute approximate surface area is 163 Å². The molecule has 0 saturated heterocycles. The summed E-state index contributed by atoms with van der Waals surface area (Å²) in [4.78, 5) is 12.6. The molecule has 1 aromatic rings. The van der Waals surface area contributed by atoms with Gasteiger partial charge in [0.1, 0.15) is 0 Å². The second-order valence-electron chi connectivity index (χ2n) is 7.79. The fourth-order valence-electron chi connectivity index (χ4n) is 3.80. The van der Waals surface area contributed by atoms with Crippen molar-refractivity contribution in [1.82, 2.24) is 0 Å². The molecule has 2 rings (SSSR count). The van der Waals surface area contributed by atoms with Crippen molar-refractivity contribution in [2.45, 2.75) is 79.5 Å². The molecule has 1 nitrogen and oxygen atoms in total. The average molecular weight is 537 g/mol. The Morgan fingerprint density at radius 1 is 1.32 bits per heavy atom. The summed E-state index contributed by atoms with van der Waals surface area (Å²) in [6.45, 7) is 6.99. The molecule has 1 atom stereocenters. The fraction of sp³-hybridized carbons (Fsp3) is 0.667. The summed E-state index contributed by atoms with van der Waals surface area (Å²) >= 11 is -1.17. The predicted octanol–water partition coefficient (Wildman–Crippen LogP) is 6.71. The van der Waals surface area contributed by atoms with Gasteiger partial charge in [-0.25, -0.2) is 0 Å². The van der Waals surface area contributed by atoms with Crippen LogP contribution in [0.5, 0.6) is 0 Å². The molecule has 0 spiro atoms. The van der Waals surface area contributed by atoms with Gasteiger partial charge >= 0.3 is 164 Å². The van der Waals surface area contributed by atoms with E-state index in [1.807, 2.05) is 19.9 Å². The molecule has 0 heterocycles. The summed E-state index contributed by atoms with van der Waals surface area (Å²) in [5, 5.41) is 0. The van der Waals surface area contributed by atoms with Crippen molar-refractivity contribution < 1.29 is 38.1 Å². The first-order chi connectivity index (χ1) is 11.8. The van der Waals surface area contributed by atoms with Gasteiger partial charge in [0.25, 0.3) is 0 Å². The molecule has 0 bridgehead atoms. The third-order valence-corrected chi connectivity index (χ3v) is 15.3. The van der Waals surface area contributed by atoms with Gasteiger partial charge in [0.15, 0.2) is 0 Å². The molecular formula is C21H30F2HgO. The van der Waals surface area contributed by atoms with Crippen LogP contribution in [0.3, 0.4) is 0 Å². The Hall–Kier alpha value is -0.315.